The monoisotopic (exact) mass is 389 g/mol. The standard InChI is InChI=1S/C20H18F3N3O2/c1-2-28-19(27)18-6-4-14(11-25-18)15-7-8-26(12-15)16-5-3-13(10-24)17(9-16)20(21,22)23/h3-6,9,11,15H,2,7-8,12H2,1H3. The predicted octanol–water partition coefficient (Wildman–Crippen LogP) is 4.14. The molecule has 0 spiro atoms. The molecule has 28 heavy (non-hydrogen) atoms. The van der Waals surface area contributed by atoms with Crippen LogP contribution in [0.2, 0.25) is 0 Å². The minimum Gasteiger partial charge on any atom is -0.461 e. The third-order valence-electron chi connectivity index (χ3n) is 4.72. The Balaban J connectivity index is 1.75. The number of carbonyl (C=O) groups excluding carboxylic acids is 1. The van der Waals surface area contributed by atoms with Gasteiger partial charge in [0, 0.05) is 30.9 Å². The lowest BCUT2D eigenvalue weighted by Gasteiger charge is -2.21. The summed E-state index contributed by atoms with van der Waals surface area (Å²) in [6.45, 7) is 3.11. The van der Waals surface area contributed by atoms with Crippen molar-refractivity contribution in [2.75, 3.05) is 24.6 Å². The Morgan fingerprint density at radius 1 is 1.36 bits per heavy atom. The highest BCUT2D eigenvalue weighted by Gasteiger charge is 2.35. The highest BCUT2D eigenvalue weighted by atomic mass is 19.4. The molecule has 1 aliphatic rings. The summed E-state index contributed by atoms with van der Waals surface area (Å²) in [4.78, 5) is 17.7. The number of pyridine rings is 1. The van der Waals surface area contributed by atoms with Crippen molar-refractivity contribution < 1.29 is 22.7 Å². The Hall–Kier alpha value is -3.08. The van der Waals surface area contributed by atoms with E-state index in [1.54, 1.807) is 31.3 Å². The van der Waals surface area contributed by atoms with E-state index >= 15 is 0 Å². The smallest absolute Gasteiger partial charge is 0.417 e. The molecule has 3 rings (SSSR count). The van der Waals surface area contributed by atoms with E-state index in [1.807, 2.05) is 4.90 Å². The molecule has 1 saturated heterocycles. The van der Waals surface area contributed by atoms with Gasteiger partial charge in [-0.3, -0.25) is 0 Å². The number of hydrogen-bond donors (Lipinski definition) is 0. The van der Waals surface area contributed by atoms with Crippen molar-refractivity contribution in [3.05, 3.63) is 58.9 Å². The van der Waals surface area contributed by atoms with E-state index in [0.717, 1.165) is 18.1 Å². The van der Waals surface area contributed by atoms with Crippen LogP contribution in [0.1, 0.15) is 46.4 Å². The predicted molar refractivity (Wildman–Crippen MR) is 95.9 cm³/mol. The summed E-state index contributed by atoms with van der Waals surface area (Å²) in [6, 6.07) is 8.77. The van der Waals surface area contributed by atoms with Crippen LogP contribution in [0.4, 0.5) is 18.9 Å². The van der Waals surface area contributed by atoms with Crippen LogP contribution in [0.25, 0.3) is 0 Å². The lowest BCUT2D eigenvalue weighted by molar-refractivity contribution is -0.137. The minimum atomic E-state index is -4.58. The maximum Gasteiger partial charge on any atom is 0.417 e. The fourth-order valence-electron chi connectivity index (χ4n) is 3.30. The van der Waals surface area contributed by atoms with E-state index in [-0.39, 0.29) is 23.8 Å². The van der Waals surface area contributed by atoms with Crippen molar-refractivity contribution in [3.8, 4) is 6.07 Å². The highest BCUT2D eigenvalue weighted by Crippen LogP contribution is 2.36. The number of ether oxygens (including phenoxy) is 1. The quantitative estimate of drug-likeness (QED) is 0.736. The van der Waals surface area contributed by atoms with E-state index < -0.39 is 17.7 Å². The number of esters is 1. The summed E-state index contributed by atoms with van der Waals surface area (Å²) in [5, 5.41) is 8.92. The second-order valence-electron chi connectivity index (χ2n) is 6.47. The number of alkyl halides is 3. The largest absolute Gasteiger partial charge is 0.461 e. The number of carbonyl (C=O) groups is 1. The SMILES string of the molecule is CCOC(=O)c1ccc(C2CCN(c3ccc(C#N)c(C(F)(F)F)c3)C2)cn1. The lowest BCUT2D eigenvalue weighted by atomic mass is 10.00. The molecule has 5 nitrogen and oxygen atoms in total. The first-order valence-corrected chi connectivity index (χ1v) is 8.83. The zero-order valence-corrected chi connectivity index (χ0v) is 15.2. The third kappa shape index (κ3) is 4.09. The summed E-state index contributed by atoms with van der Waals surface area (Å²) in [6.07, 6.45) is -2.21. The topological polar surface area (TPSA) is 66.2 Å². The van der Waals surface area contributed by atoms with Gasteiger partial charge >= 0.3 is 12.1 Å². The first-order chi connectivity index (χ1) is 13.3. The van der Waals surface area contributed by atoms with Crippen molar-refractivity contribution in [3.63, 3.8) is 0 Å². The molecular weight excluding hydrogens is 371 g/mol. The molecule has 8 heteroatoms. The van der Waals surface area contributed by atoms with Crippen molar-refractivity contribution in [1.82, 2.24) is 4.98 Å². The van der Waals surface area contributed by atoms with Gasteiger partial charge in [-0.15, -0.1) is 0 Å². The molecule has 146 valence electrons. The number of anilines is 1. The highest BCUT2D eigenvalue weighted by molar-refractivity contribution is 5.87. The van der Waals surface area contributed by atoms with Crippen LogP contribution in [0.5, 0.6) is 0 Å². The number of hydrogen-bond acceptors (Lipinski definition) is 5. The number of benzene rings is 1. The van der Waals surface area contributed by atoms with Gasteiger partial charge in [0.1, 0.15) is 5.69 Å². The number of nitrogens with zero attached hydrogens (tertiary/aromatic N) is 3. The summed E-state index contributed by atoms with van der Waals surface area (Å²) in [5.41, 5.74) is 0.273. The van der Waals surface area contributed by atoms with Crippen LogP contribution >= 0.6 is 0 Å². The lowest BCUT2D eigenvalue weighted by Crippen LogP contribution is -2.20. The molecule has 1 fully saturated rings. The van der Waals surface area contributed by atoms with Crippen LogP contribution in [-0.4, -0.2) is 30.6 Å². The van der Waals surface area contributed by atoms with Gasteiger partial charge in [0.05, 0.1) is 23.8 Å². The first kappa shape index (κ1) is 19.7. The Morgan fingerprint density at radius 3 is 2.75 bits per heavy atom. The molecule has 1 aromatic carbocycles. The molecule has 0 bridgehead atoms. The zero-order chi connectivity index (χ0) is 20.3. The Bertz CT molecular complexity index is 904. The summed E-state index contributed by atoms with van der Waals surface area (Å²) >= 11 is 0. The molecule has 1 unspecified atom stereocenters. The zero-order valence-electron chi connectivity index (χ0n) is 15.2. The van der Waals surface area contributed by atoms with Gasteiger partial charge in [-0.2, -0.15) is 18.4 Å². The van der Waals surface area contributed by atoms with Crippen molar-refractivity contribution >= 4 is 11.7 Å². The van der Waals surface area contributed by atoms with Gasteiger partial charge in [0.15, 0.2) is 0 Å². The van der Waals surface area contributed by atoms with Crippen molar-refractivity contribution in [2.24, 2.45) is 0 Å². The van der Waals surface area contributed by atoms with Gasteiger partial charge in [-0.1, -0.05) is 6.07 Å². The van der Waals surface area contributed by atoms with E-state index in [0.29, 0.717) is 18.8 Å². The van der Waals surface area contributed by atoms with Crippen LogP contribution in [0.3, 0.4) is 0 Å². The van der Waals surface area contributed by atoms with Gasteiger partial charge in [0.2, 0.25) is 0 Å². The Labute approximate surface area is 160 Å². The van der Waals surface area contributed by atoms with E-state index in [2.05, 4.69) is 4.98 Å². The van der Waals surface area contributed by atoms with Gasteiger partial charge in [0.25, 0.3) is 0 Å². The molecule has 1 aromatic heterocycles. The molecule has 0 aliphatic carbocycles. The molecule has 2 heterocycles. The fraction of sp³-hybridized carbons (Fsp3) is 0.350. The number of nitriles is 1. The summed E-state index contributed by atoms with van der Waals surface area (Å²) in [5.74, 6) is -0.395. The van der Waals surface area contributed by atoms with Gasteiger partial charge in [-0.05, 0) is 43.2 Å². The maximum atomic E-state index is 13.2. The van der Waals surface area contributed by atoms with Crippen LogP contribution in [0.15, 0.2) is 36.5 Å². The summed E-state index contributed by atoms with van der Waals surface area (Å²) < 4.78 is 44.5. The average Bonchev–Trinajstić information content (AvgIpc) is 3.17. The number of aromatic nitrogens is 1. The van der Waals surface area contributed by atoms with Crippen LogP contribution < -0.4 is 4.90 Å². The maximum absolute atomic E-state index is 13.2. The van der Waals surface area contributed by atoms with E-state index in [4.69, 9.17) is 10.00 Å². The Kier molecular flexibility index (Phi) is 5.54. The molecule has 0 N–H and O–H groups in total. The van der Waals surface area contributed by atoms with Gasteiger partial charge in [-0.25, -0.2) is 9.78 Å². The van der Waals surface area contributed by atoms with Crippen LogP contribution in [0, 0.1) is 11.3 Å². The average molecular weight is 389 g/mol. The molecule has 0 amide bonds. The molecule has 0 radical (unpaired) electrons. The minimum absolute atomic E-state index is 0.0914. The third-order valence-corrected chi connectivity index (χ3v) is 4.72. The Morgan fingerprint density at radius 2 is 2.14 bits per heavy atom. The second-order valence-corrected chi connectivity index (χ2v) is 6.47. The van der Waals surface area contributed by atoms with E-state index in [1.165, 1.54) is 12.1 Å². The van der Waals surface area contributed by atoms with E-state index in [9.17, 15) is 18.0 Å². The molecule has 2 aromatic rings. The summed E-state index contributed by atoms with van der Waals surface area (Å²) in [7, 11) is 0. The van der Waals surface area contributed by atoms with Crippen LogP contribution in [-0.2, 0) is 10.9 Å². The molecule has 0 saturated carbocycles. The molecule has 1 aliphatic heterocycles. The fourth-order valence-corrected chi connectivity index (χ4v) is 3.30. The second kappa shape index (κ2) is 7.89. The van der Waals surface area contributed by atoms with Crippen molar-refractivity contribution in [2.45, 2.75) is 25.4 Å². The molecule has 1 atom stereocenters. The first-order valence-electron chi connectivity index (χ1n) is 8.83. The number of halogens is 3. The van der Waals surface area contributed by atoms with Gasteiger partial charge < -0.3 is 9.64 Å². The number of rotatable bonds is 4. The molecular formula is C20H18F3N3O2. The van der Waals surface area contributed by atoms with Crippen molar-refractivity contribution in [1.29, 1.82) is 5.26 Å². The normalized spacial score (nSPS) is 16.7.